The van der Waals surface area contributed by atoms with Crippen LogP contribution >= 0.6 is 22.6 Å². The monoisotopic (exact) mass is 315 g/mol. The lowest BCUT2D eigenvalue weighted by atomic mass is 10.1. The number of methoxy groups -OCH3 is 1. The molecule has 1 aromatic heterocycles. The van der Waals surface area contributed by atoms with Crippen molar-refractivity contribution in [1.29, 1.82) is 0 Å². The normalized spacial score (nSPS) is 10.6. The van der Waals surface area contributed by atoms with Crippen LogP contribution in [0.3, 0.4) is 0 Å². The number of ether oxygens (including phenoxy) is 1. The molecule has 0 aliphatic heterocycles. The predicted octanol–water partition coefficient (Wildman–Crippen LogP) is 2.87. The third-order valence-corrected chi connectivity index (χ3v) is 3.44. The van der Waals surface area contributed by atoms with E-state index in [1.807, 2.05) is 25.1 Å². The topological polar surface area (TPSA) is 42.1 Å². The van der Waals surface area contributed by atoms with E-state index in [9.17, 15) is 4.79 Å². The Balaban J connectivity index is 2.75. The van der Waals surface area contributed by atoms with Gasteiger partial charge < -0.3 is 9.72 Å². The Labute approximate surface area is 101 Å². The molecule has 15 heavy (non-hydrogen) atoms. The number of carbonyl (C=O) groups is 1. The third-order valence-electron chi connectivity index (χ3n) is 2.36. The average molecular weight is 315 g/mol. The number of esters is 1. The molecule has 1 heterocycles. The summed E-state index contributed by atoms with van der Waals surface area (Å²) in [7, 11) is 1.39. The van der Waals surface area contributed by atoms with Crippen molar-refractivity contribution in [3.05, 3.63) is 33.0 Å². The highest BCUT2D eigenvalue weighted by Crippen LogP contribution is 2.27. The minimum Gasteiger partial charge on any atom is -0.464 e. The van der Waals surface area contributed by atoms with Gasteiger partial charge >= 0.3 is 5.97 Å². The first-order valence-corrected chi connectivity index (χ1v) is 5.58. The first-order chi connectivity index (χ1) is 7.15. The predicted molar refractivity (Wildman–Crippen MR) is 67.1 cm³/mol. The molecule has 0 aliphatic rings. The lowest BCUT2D eigenvalue weighted by Crippen LogP contribution is -2.03. The Bertz CT molecular complexity index is 531. The fourth-order valence-corrected chi connectivity index (χ4v) is 2.69. The Morgan fingerprint density at radius 1 is 1.47 bits per heavy atom. The summed E-state index contributed by atoms with van der Waals surface area (Å²) in [6.07, 6.45) is 0. The van der Waals surface area contributed by atoms with Gasteiger partial charge in [0, 0.05) is 10.9 Å². The van der Waals surface area contributed by atoms with E-state index in [2.05, 4.69) is 27.6 Å². The lowest BCUT2D eigenvalue weighted by Gasteiger charge is -1.96. The van der Waals surface area contributed by atoms with Crippen molar-refractivity contribution in [3.8, 4) is 0 Å². The van der Waals surface area contributed by atoms with Crippen molar-refractivity contribution in [1.82, 2.24) is 4.98 Å². The average Bonchev–Trinajstić information content (AvgIpc) is 2.56. The van der Waals surface area contributed by atoms with E-state index in [0.29, 0.717) is 5.69 Å². The van der Waals surface area contributed by atoms with Gasteiger partial charge in [-0.1, -0.05) is 12.1 Å². The van der Waals surface area contributed by atoms with Gasteiger partial charge in [-0.3, -0.25) is 0 Å². The molecule has 0 bridgehead atoms. The van der Waals surface area contributed by atoms with Gasteiger partial charge in [0.05, 0.1) is 10.7 Å². The zero-order valence-electron chi connectivity index (χ0n) is 8.43. The first-order valence-electron chi connectivity index (χ1n) is 4.50. The standard InChI is InChI=1S/C11H10INO2/c1-6-4-3-5-7-8(6)9(12)10(13-7)11(14)15-2/h3-5,13H,1-2H3. The number of fused-ring (bicyclic) bond motifs is 1. The van der Waals surface area contributed by atoms with Crippen molar-refractivity contribution in [2.75, 3.05) is 7.11 Å². The number of carbonyl (C=O) groups excluding carboxylic acids is 1. The molecule has 0 atom stereocenters. The Hall–Kier alpha value is -1.04. The fourth-order valence-electron chi connectivity index (χ4n) is 1.62. The molecule has 3 nitrogen and oxygen atoms in total. The molecule has 0 unspecified atom stereocenters. The van der Waals surface area contributed by atoms with Gasteiger partial charge in [0.2, 0.25) is 0 Å². The number of halogens is 1. The minimum absolute atomic E-state index is 0.324. The van der Waals surface area contributed by atoms with E-state index < -0.39 is 0 Å². The molecule has 0 radical (unpaired) electrons. The van der Waals surface area contributed by atoms with Crippen LogP contribution in [-0.2, 0) is 4.74 Å². The van der Waals surface area contributed by atoms with E-state index in [-0.39, 0.29) is 5.97 Å². The zero-order valence-corrected chi connectivity index (χ0v) is 10.6. The molecule has 0 amide bonds. The summed E-state index contributed by atoms with van der Waals surface area (Å²) in [5, 5.41) is 1.10. The summed E-state index contributed by atoms with van der Waals surface area (Å²) >= 11 is 2.17. The highest BCUT2D eigenvalue weighted by Gasteiger charge is 2.16. The van der Waals surface area contributed by atoms with Gasteiger partial charge in [-0.2, -0.15) is 0 Å². The summed E-state index contributed by atoms with van der Waals surface area (Å²) in [4.78, 5) is 14.5. The second-order valence-corrected chi connectivity index (χ2v) is 4.38. The Morgan fingerprint density at radius 2 is 2.20 bits per heavy atom. The van der Waals surface area contributed by atoms with Crippen LogP contribution in [0.1, 0.15) is 16.1 Å². The van der Waals surface area contributed by atoms with Crippen LogP contribution in [0.4, 0.5) is 0 Å². The first kappa shape index (κ1) is 10.5. The minimum atomic E-state index is -0.324. The Morgan fingerprint density at radius 3 is 2.80 bits per heavy atom. The lowest BCUT2D eigenvalue weighted by molar-refractivity contribution is 0.0594. The largest absolute Gasteiger partial charge is 0.464 e. The molecule has 0 saturated heterocycles. The van der Waals surface area contributed by atoms with Gasteiger partial charge in [-0.15, -0.1) is 0 Å². The molecular formula is C11H10INO2. The smallest absolute Gasteiger partial charge is 0.355 e. The maximum absolute atomic E-state index is 11.5. The number of benzene rings is 1. The van der Waals surface area contributed by atoms with Crippen molar-refractivity contribution in [2.45, 2.75) is 6.92 Å². The number of rotatable bonds is 1. The van der Waals surface area contributed by atoms with Crippen LogP contribution in [0.5, 0.6) is 0 Å². The molecule has 0 aliphatic carbocycles. The zero-order chi connectivity index (χ0) is 11.0. The van der Waals surface area contributed by atoms with Gasteiger partial charge in [0.1, 0.15) is 5.69 Å². The summed E-state index contributed by atoms with van der Waals surface area (Å²) in [6, 6.07) is 5.95. The SMILES string of the molecule is COC(=O)c1[nH]c2cccc(C)c2c1I. The van der Waals surface area contributed by atoms with E-state index in [1.54, 1.807) is 0 Å². The highest BCUT2D eigenvalue weighted by atomic mass is 127. The van der Waals surface area contributed by atoms with Gasteiger partial charge in [-0.05, 0) is 41.1 Å². The molecule has 0 spiro atoms. The van der Waals surface area contributed by atoms with E-state index in [1.165, 1.54) is 7.11 Å². The van der Waals surface area contributed by atoms with E-state index in [0.717, 1.165) is 20.0 Å². The second kappa shape index (κ2) is 3.84. The van der Waals surface area contributed by atoms with Crippen LogP contribution in [0.2, 0.25) is 0 Å². The summed E-state index contributed by atoms with van der Waals surface area (Å²) < 4.78 is 5.64. The number of aromatic nitrogens is 1. The fraction of sp³-hybridized carbons (Fsp3) is 0.182. The molecule has 78 valence electrons. The molecule has 4 heteroatoms. The summed E-state index contributed by atoms with van der Waals surface area (Å²) in [5.74, 6) is -0.324. The van der Waals surface area contributed by atoms with E-state index in [4.69, 9.17) is 4.74 Å². The third kappa shape index (κ3) is 1.62. The van der Waals surface area contributed by atoms with Gasteiger partial charge in [0.15, 0.2) is 0 Å². The van der Waals surface area contributed by atoms with Crippen LogP contribution in [0.25, 0.3) is 10.9 Å². The highest BCUT2D eigenvalue weighted by molar-refractivity contribution is 14.1. The molecule has 1 aromatic carbocycles. The number of aryl methyl sites for hydroxylation is 1. The Kier molecular flexibility index (Phi) is 2.68. The van der Waals surface area contributed by atoms with E-state index >= 15 is 0 Å². The van der Waals surface area contributed by atoms with Crippen molar-refractivity contribution in [3.63, 3.8) is 0 Å². The number of hydrogen-bond donors (Lipinski definition) is 1. The molecule has 2 aromatic rings. The van der Waals surface area contributed by atoms with Crippen LogP contribution < -0.4 is 0 Å². The van der Waals surface area contributed by atoms with Crippen LogP contribution in [-0.4, -0.2) is 18.1 Å². The number of aromatic amines is 1. The van der Waals surface area contributed by atoms with Crippen molar-refractivity contribution < 1.29 is 9.53 Å². The molecule has 0 fully saturated rings. The summed E-state index contributed by atoms with van der Waals surface area (Å²) in [5.41, 5.74) is 2.66. The maximum Gasteiger partial charge on any atom is 0.355 e. The van der Waals surface area contributed by atoms with Crippen molar-refractivity contribution >= 4 is 39.5 Å². The molecular weight excluding hydrogens is 305 g/mol. The number of nitrogens with one attached hydrogen (secondary N) is 1. The molecule has 0 saturated carbocycles. The summed E-state index contributed by atoms with van der Waals surface area (Å²) in [6.45, 7) is 2.03. The quantitative estimate of drug-likeness (QED) is 0.649. The van der Waals surface area contributed by atoms with Crippen LogP contribution in [0.15, 0.2) is 18.2 Å². The van der Waals surface area contributed by atoms with Gasteiger partial charge in [0.25, 0.3) is 0 Å². The number of H-pyrrole nitrogens is 1. The van der Waals surface area contributed by atoms with Gasteiger partial charge in [-0.25, -0.2) is 4.79 Å². The second-order valence-electron chi connectivity index (χ2n) is 3.30. The maximum atomic E-state index is 11.5. The van der Waals surface area contributed by atoms with Crippen molar-refractivity contribution in [2.24, 2.45) is 0 Å². The molecule has 2 rings (SSSR count). The van der Waals surface area contributed by atoms with Crippen LogP contribution in [0, 0.1) is 10.5 Å². The number of hydrogen-bond acceptors (Lipinski definition) is 2. The molecule has 1 N–H and O–H groups in total.